The molecular weight excluding hydrogens is 455 g/mol. The molecular formula is C23H27FN8OS. The van der Waals surface area contributed by atoms with Gasteiger partial charge in [-0.15, -0.1) is 16.4 Å². The summed E-state index contributed by atoms with van der Waals surface area (Å²) in [5.41, 5.74) is 2.05. The first kappa shape index (κ1) is 22.6. The number of thiazole rings is 1. The maximum Gasteiger partial charge on any atom is 0.227 e. The van der Waals surface area contributed by atoms with E-state index in [1.807, 2.05) is 17.8 Å². The summed E-state index contributed by atoms with van der Waals surface area (Å²) in [6.07, 6.45) is 12.0. The van der Waals surface area contributed by atoms with Crippen LogP contribution in [0.3, 0.4) is 0 Å². The van der Waals surface area contributed by atoms with Gasteiger partial charge < -0.3 is 9.64 Å². The number of rotatable bonds is 7. The second-order valence-corrected chi connectivity index (χ2v) is 9.80. The van der Waals surface area contributed by atoms with Crippen molar-refractivity contribution in [3.63, 3.8) is 0 Å². The zero-order chi connectivity index (χ0) is 23.5. The van der Waals surface area contributed by atoms with Crippen molar-refractivity contribution in [1.29, 1.82) is 0 Å². The molecule has 0 spiro atoms. The summed E-state index contributed by atoms with van der Waals surface area (Å²) < 4.78 is 21.8. The number of hydrogen-bond acceptors (Lipinski definition) is 9. The zero-order valence-corrected chi connectivity index (χ0v) is 20.0. The van der Waals surface area contributed by atoms with Crippen LogP contribution < -0.4 is 4.90 Å². The molecule has 1 aliphatic heterocycles. The number of aromatic nitrogens is 7. The summed E-state index contributed by atoms with van der Waals surface area (Å²) >= 11 is 1.68. The third-order valence-corrected chi connectivity index (χ3v) is 7.29. The molecule has 3 aromatic rings. The predicted octanol–water partition coefficient (Wildman–Crippen LogP) is 4.11. The average Bonchev–Trinajstić information content (AvgIpc) is 3.57. The van der Waals surface area contributed by atoms with Crippen molar-refractivity contribution in [2.75, 3.05) is 18.0 Å². The standard InChI is InChI=1S/C23H27FN8OS/c1-16(2)18-11-25-22(26-12-18)31-9-5-17(6-10-31)21-28-19(14-34-21)13-33-20-3-7-23(24,8-4-20)32-15-27-29-30-32/h3-4,7,11-12,14-17H,5-6,8-10,13H2,1-2H3. The van der Waals surface area contributed by atoms with Gasteiger partial charge in [0.15, 0.2) is 0 Å². The quantitative estimate of drug-likeness (QED) is 0.497. The number of anilines is 1. The van der Waals surface area contributed by atoms with E-state index in [1.54, 1.807) is 23.5 Å². The Labute approximate surface area is 201 Å². The van der Waals surface area contributed by atoms with E-state index in [0.29, 0.717) is 24.2 Å². The van der Waals surface area contributed by atoms with Crippen LogP contribution in [-0.4, -0.2) is 48.2 Å². The van der Waals surface area contributed by atoms with Gasteiger partial charge in [-0.3, -0.25) is 0 Å². The van der Waals surface area contributed by atoms with Crippen LogP contribution in [0.5, 0.6) is 0 Å². The van der Waals surface area contributed by atoms with E-state index in [-0.39, 0.29) is 6.42 Å². The van der Waals surface area contributed by atoms with Gasteiger partial charge in [-0.25, -0.2) is 19.3 Å². The highest BCUT2D eigenvalue weighted by Crippen LogP contribution is 2.33. The van der Waals surface area contributed by atoms with Gasteiger partial charge >= 0.3 is 0 Å². The van der Waals surface area contributed by atoms with Crippen molar-refractivity contribution >= 4 is 17.3 Å². The summed E-state index contributed by atoms with van der Waals surface area (Å²) in [7, 11) is 0. The topological polar surface area (TPSA) is 94.7 Å². The number of hydrogen-bond donors (Lipinski definition) is 0. The molecule has 0 aromatic carbocycles. The van der Waals surface area contributed by atoms with Crippen molar-refractivity contribution in [3.05, 3.63) is 64.4 Å². The van der Waals surface area contributed by atoms with E-state index in [2.05, 4.69) is 44.2 Å². The molecule has 3 aromatic heterocycles. The molecule has 1 aliphatic carbocycles. The molecule has 9 nitrogen and oxygen atoms in total. The fraction of sp³-hybridized carbons (Fsp3) is 0.478. The lowest BCUT2D eigenvalue weighted by molar-refractivity contribution is 0.107. The molecule has 0 amide bonds. The highest BCUT2D eigenvalue weighted by Gasteiger charge is 2.31. The largest absolute Gasteiger partial charge is 0.488 e. The van der Waals surface area contributed by atoms with Gasteiger partial charge in [0.1, 0.15) is 18.7 Å². The number of alkyl halides is 1. The van der Waals surface area contributed by atoms with Crippen molar-refractivity contribution in [3.8, 4) is 0 Å². The molecule has 1 atom stereocenters. The molecule has 11 heteroatoms. The van der Waals surface area contributed by atoms with Gasteiger partial charge in [-0.05, 0) is 53.0 Å². The van der Waals surface area contributed by atoms with E-state index >= 15 is 0 Å². The molecule has 34 heavy (non-hydrogen) atoms. The van der Waals surface area contributed by atoms with Gasteiger partial charge in [0.2, 0.25) is 11.7 Å². The summed E-state index contributed by atoms with van der Waals surface area (Å²) in [6.45, 7) is 6.48. The smallest absolute Gasteiger partial charge is 0.227 e. The van der Waals surface area contributed by atoms with Gasteiger partial charge in [-0.2, -0.15) is 4.68 Å². The van der Waals surface area contributed by atoms with Crippen LogP contribution in [-0.2, 0) is 17.1 Å². The molecule has 178 valence electrons. The molecule has 0 bridgehead atoms. The highest BCUT2D eigenvalue weighted by atomic mass is 32.1. The third kappa shape index (κ3) is 4.84. The van der Waals surface area contributed by atoms with Crippen LogP contribution in [0, 0.1) is 0 Å². The number of allylic oxidation sites excluding steroid dienone is 3. The number of ether oxygens (including phenoxy) is 1. The fourth-order valence-electron chi connectivity index (χ4n) is 4.05. The molecule has 1 fully saturated rings. The van der Waals surface area contributed by atoms with Crippen molar-refractivity contribution in [2.45, 2.75) is 57.3 Å². The summed E-state index contributed by atoms with van der Waals surface area (Å²) in [4.78, 5) is 16.2. The number of halogens is 1. The molecule has 4 heterocycles. The maximum atomic E-state index is 14.9. The van der Waals surface area contributed by atoms with E-state index in [0.717, 1.165) is 52.8 Å². The minimum absolute atomic E-state index is 0.106. The van der Waals surface area contributed by atoms with Gasteiger partial charge in [0, 0.05) is 43.2 Å². The van der Waals surface area contributed by atoms with Crippen molar-refractivity contribution in [1.82, 2.24) is 35.2 Å². The van der Waals surface area contributed by atoms with E-state index in [1.165, 1.54) is 12.4 Å². The molecule has 1 unspecified atom stereocenters. The number of piperidine rings is 1. The van der Waals surface area contributed by atoms with Crippen LogP contribution in [0.4, 0.5) is 10.3 Å². The Morgan fingerprint density at radius 3 is 2.68 bits per heavy atom. The molecule has 5 rings (SSSR count). The Balaban J connectivity index is 1.11. The molecule has 0 radical (unpaired) electrons. The molecule has 0 saturated carbocycles. The average molecular weight is 483 g/mol. The summed E-state index contributed by atoms with van der Waals surface area (Å²) in [5.74, 6) is 0.528. The van der Waals surface area contributed by atoms with Crippen LogP contribution in [0.2, 0.25) is 0 Å². The number of nitrogens with zero attached hydrogens (tertiary/aromatic N) is 8. The fourth-order valence-corrected chi connectivity index (χ4v) is 5.03. The number of tetrazole rings is 1. The van der Waals surface area contributed by atoms with E-state index < -0.39 is 5.79 Å². The first-order valence-corrected chi connectivity index (χ1v) is 12.3. The molecule has 1 saturated heterocycles. The van der Waals surface area contributed by atoms with Crippen LogP contribution >= 0.6 is 11.3 Å². The van der Waals surface area contributed by atoms with E-state index in [4.69, 9.17) is 9.72 Å². The van der Waals surface area contributed by atoms with Crippen LogP contribution in [0.15, 0.2) is 48.1 Å². The van der Waals surface area contributed by atoms with Gasteiger partial charge in [0.25, 0.3) is 0 Å². The Morgan fingerprint density at radius 1 is 1.24 bits per heavy atom. The Bertz CT molecular complexity index is 1150. The third-order valence-electron chi connectivity index (χ3n) is 6.23. The normalized spacial score (nSPS) is 21.2. The first-order chi connectivity index (χ1) is 16.5. The van der Waals surface area contributed by atoms with E-state index in [9.17, 15) is 4.39 Å². The molecule has 2 aliphatic rings. The van der Waals surface area contributed by atoms with Gasteiger partial charge in [0.05, 0.1) is 10.7 Å². The second-order valence-electron chi connectivity index (χ2n) is 8.92. The SMILES string of the molecule is CC(C)c1cnc(N2CCC(c3nc(COC4=CCC(F)(n5cnnn5)C=C4)cs3)CC2)nc1. The first-order valence-electron chi connectivity index (χ1n) is 11.5. The van der Waals surface area contributed by atoms with Crippen LogP contribution in [0.25, 0.3) is 0 Å². The Hall–Kier alpha value is -3.21. The lowest BCUT2D eigenvalue weighted by atomic mass is 9.98. The second kappa shape index (κ2) is 9.57. The van der Waals surface area contributed by atoms with Crippen molar-refractivity contribution in [2.24, 2.45) is 0 Å². The molecule has 0 N–H and O–H groups in total. The summed E-state index contributed by atoms with van der Waals surface area (Å²) in [5, 5.41) is 13.8. The van der Waals surface area contributed by atoms with Gasteiger partial charge in [-0.1, -0.05) is 13.8 Å². The Morgan fingerprint density at radius 2 is 2.03 bits per heavy atom. The Kier molecular flexibility index (Phi) is 6.36. The minimum atomic E-state index is -1.76. The maximum absolute atomic E-state index is 14.9. The zero-order valence-electron chi connectivity index (χ0n) is 19.2. The van der Waals surface area contributed by atoms with Crippen molar-refractivity contribution < 1.29 is 9.13 Å². The predicted molar refractivity (Wildman–Crippen MR) is 126 cm³/mol. The minimum Gasteiger partial charge on any atom is -0.488 e. The van der Waals surface area contributed by atoms with Crippen LogP contribution in [0.1, 0.15) is 61.2 Å². The lowest BCUT2D eigenvalue weighted by Gasteiger charge is -2.31. The monoisotopic (exact) mass is 482 g/mol. The summed E-state index contributed by atoms with van der Waals surface area (Å²) in [6, 6.07) is 0. The highest BCUT2D eigenvalue weighted by molar-refractivity contribution is 7.09. The lowest BCUT2D eigenvalue weighted by Crippen LogP contribution is -2.34.